The van der Waals surface area contributed by atoms with Gasteiger partial charge in [-0.1, -0.05) is 24.3 Å². The molecule has 0 aliphatic carbocycles. The van der Waals surface area contributed by atoms with E-state index in [1.165, 1.54) is 0 Å². The summed E-state index contributed by atoms with van der Waals surface area (Å²) < 4.78 is 0. The number of nitrogens with zero attached hydrogens (tertiary/aromatic N) is 1. The van der Waals surface area contributed by atoms with Gasteiger partial charge >= 0.3 is 0 Å². The molecule has 0 fully saturated rings. The second kappa shape index (κ2) is 6.43. The summed E-state index contributed by atoms with van der Waals surface area (Å²) >= 11 is 0. The molecule has 0 bridgehead atoms. The Morgan fingerprint density at radius 2 is 2.19 bits per heavy atom. The number of fused-ring (bicyclic) bond motifs is 1. The largest absolute Gasteiger partial charge is 0.369 e. The van der Waals surface area contributed by atoms with Crippen LogP contribution >= 0.6 is 0 Å². The van der Waals surface area contributed by atoms with E-state index in [1.807, 2.05) is 36.1 Å². The molecule has 2 atom stereocenters. The zero-order valence-corrected chi connectivity index (χ0v) is 12.2. The first-order valence-corrected chi connectivity index (χ1v) is 7.07. The molecule has 5 nitrogen and oxygen atoms in total. The van der Waals surface area contributed by atoms with Gasteiger partial charge in [-0.25, -0.2) is 0 Å². The number of rotatable bonds is 5. The Morgan fingerprint density at radius 3 is 2.86 bits per heavy atom. The van der Waals surface area contributed by atoms with Crippen molar-refractivity contribution in [2.75, 3.05) is 18.0 Å². The Bertz CT molecular complexity index is 556. The van der Waals surface area contributed by atoms with Gasteiger partial charge in [-0.05, 0) is 25.0 Å². The smallest absolute Gasteiger partial charge is 0.239 e. The average molecular weight is 287 g/mol. The third-order valence-electron chi connectivity index (χ3n) is 3.83. The van der Waals surface area contributed by atoms with Gasteiger partial charge in [0.15, 0.2) is 0 Å². The molecule has 0 saturated carbocycles. The van der Waals surface area contributed by atoms with Crippen LogP contribution in [0.15, 0.2) is 36.9 Å². The van der Waals surface area contributed by atoms with Gasteiger partial charge in [0.2, 0.25) is 11.8 Å². The minimum atomic E-state index is -0.315. The number of hydrogen-bond acceptors (Lipinski definition) is 3. The van der Waals surface area contributed by atoms with Crippen LogP contribution in [-0.4, -0.2) is 30.9 Å². The lowest BCUT2D eigenvalue weighted by Gasteiger charge is -2.39. The lowest BCUT2D eigenvalue weighted by atomic mass is 9.85. The minimum Gasteiger partial charge on any atom is -0.369 e. The number of amides is 2. The molecule has 1 heterocycles. The highest BCUT2D eigenvalue weighted by Crippen LogP contribution is 2.37. The van der Waals surface area contributed by atoms with E-state index in [0.29, 0.717) is 13.0 Å². The Morgan fingerprint density at radius 1 is 1.48 bits per heavy atom. The second-order valence-corrected chi connectivity index (χ2v) is 5.32. The molecule has 1 aliphatic heterocycles. The summed E-state index contributed by atoms with van der Waals surface area (Å²) in [5, 5.41) is 2.77. The molecule has 1 aromatic carbocycles. The Kier molecular flexibility index (Phi) is 4.62. The summed E-state index contributed by atoms with van der Waals surface area (Å²) in [5.41, 5.74) is 7.32. The molecule has 0 aromatic heterocycles. The Hall–Kier alpha value is -2.30. The molecule has 0 radical (unpaired) electrons. The number of primary amides is 1. The third-order valence-corrected chi connectivity index (χ3v) is 3.83. The number of nitrogens with two attached hydrogens (primary N) is 1. The van der Waals surface area contributed by atoms with Crippen LogP contribution in [0.4, 0.5) is 5.69 Å². The van der Waals surface area contributed by atoms with Crippen LogP contribution in [0.5, 0.6) is 0 Å². The van der Waals surface area contributed by atoms with Gasteiger partial charge in [-0.15, -0.1) is 6.58 Å². The molecular weight excluding hydrogens is 266 g/mol. The van der Waals surface area contributed by atoms with Gasteiger partial charge in [0.1, 0.15) is 0 Å². The second-order valence-electron chi connectivity index (χ2n) is 5.32. The quantitative estimate of drug-likeness (QED) is 0.798. The van der Waals surface area contributed by atoms with Crippen molar-refractivity contribution in [3.8, 4) is 0 Å². The summed E-state index contributed by atoms with van der Waals surface area (Å²) in [6.07, 6.45) is 2.27. The molecule has 112 valence electrons. The van der Waals surface area contributed by atoms with Crippen molar-refractivity contribution in [3.05, 3.63) is 42.5 Å². The van der Waals surface area contributed by atoms with Gasteiger partial charge in [-0.3, -0.25) is 9.59 Å². The van der Waals surface area contributed by atoms with E-state index in [-0.39, 0.29) is 30.3 Å². The van der Waals surface area contributed by atoms with Crippen LogP contribution in [-0.2, 0) is 9.59 Å². The lowest BCUT2D eigenvalue weighted by molar-refractivity contribution is -0.119. The summed E-state index contributed by atoms with van der Waals surface area (Å²) in [6, 6.07) is 7.71. The molecule has 0 saturated heterocycles. The Labute approximate surface area is 124 Å². The maximum Gasteiger partial charge on any atom is 0.239 e. The third kappa shape index (κ3) is 3.24. The number of carbonyl (C=O) groups excluding carboxylic acids is 2. The maximum absolute atomic E-state index is 11.9. The molecule has 2 amide bonds. The van der Waals surface area contributed by atoms with Gasteiger partial charge in [-0.2, -0.15) is 0 Å². The van der Waals surface area contributed by atoms with Gasteiger partial charge in [0.25, 0.3) is 0 Å². The van der Waals surface area contributed by atoms with E-state index in [4.69, 9.17) is 5.73 Å². The lowest BCUT2D eigenvalue weighted by Crippen LogP contribution is -2.46. The zero-order valence-electron chi connectivity index (χ0n) is 12.2. The fraction of sp³-hybridized carbons (Fsp3) is 0.375. The maximum atomic E-state index is 11.9. The van der Waals surface area contributed by atoms with Crippen molar-refractivity contribution in [1.82, 2.24) is 5.32 Å². The van der Waals surface area contributed by atoms with Crippen molar-refractivity contribution in [2.24, 2.45) is 5.73 Å². The molecule has 1 aromatic rings. The fourth-order valence-corrected chi connectivity index (χ4v) is 2.78. The predicted molar refractivity (Wildman–Crippen MR) is 83.0 cm³/mol. The molecule has 0 unspecified atom stereocenters. The highest BCUT2D eigenvalue weighted by atomic mass is 16.2. The molecule has 21 heavy (non-hydrogen) atoms. The SMILES string of the molecule is C=CCNC(=O)CN1c2ccccc2[C@H](C(N)=O)C[C@H]1C. The fourth-order valence-electron chi connectivity index (χ4n) is 2.78. The van der Waals surface area contributed by atoms with Gasteiger partial charge in [0.05, 0.1) is 12.5 Å². The number of nitrogens with one attached hydrogen (secondary N) is 1. The van der Waals surface area contributed by atoms with E-state index in [9.17, 15) is 9.59 Å². The van der Waals surface area contributed by atoms with Crippen molar-refractivity contribution in [2.45, 2.75) is 25.3 Å². The predicted octanol–water partition coefficient (Wildman–Crippen LogP) is 1.16. The first-order chi connectivity index (χ1) is 10.0. The van der Waals surface area contributed by atoms with Gasteiger partial charge in [0, 0.05) is 18.3 Å². The van der Waals surface area contributed by atoms with Crippen molar-refractivity contribution >= 4 is 17.5 Å². The summed E-state index contributed by atoms with van der Waals surface area (Å²) in [5.74, 6) is -0.664. The summed E-state index contributed by atoms with van der Waals surface area (Å²) in [4.78, 5) is 25.6. The monoisotopic (exact) mass is 287 g/mol. The number of para-hydroxylation sites is 1. The van der Waals surface area contributed by atoms with Crippen molar-refractivity contribution < 1.29 is 9.59 Å². The van der Waals surface area contributed by atoms with Crippen molar-refractivity contribution in [3.63, 3.8) is 0 Å². The van der Waals surface area contributed by atoms with E-state index >= 15 is 0 Å². The highest BCUT2D eigenvalue weighted by Gasteiger charge is 2.33. The number of hydrogen-bond donors (Lipinski definition) is 2. The van der Waals surface area contributed by atoms with Crippen LogP contribution in [0.25, 0.3) is 0 Å². The number of anilines is 1. The van der Waals surface area contributed by atoms with E-state index in [1.54, 1.807) is 6.08 Å². The molecule has 1 aliphatic rings. The Balaban J connectivity index is 2.26. The van der Waals surface area contributed by atoms with E-state index < -0.39 is 0 Å². The van der Waals surface area contributed by atoms with Crippen LogP contribution in [0, 0.1) is 0 Å². The number of carbonyl (C=O) groups is 2. The first kappa shape index (κ1) is 15.1. The molecule has 2 rings (SSSR count). The van der Waals surface area contributed by atoms with Gasteiger partial charge < -0.3 is 16.0 Å². The molecule has 5 heteroatoms. The first-order valence-electron chi connectivity index (χ1n) is 7.07. The zero-order chi connectivity index (χ0) is 15.4. The normalized spacial score (nSPS) is 20.5. The number of benzene rings is 1. The minimum absolute atomic E-state index is 0.0610. The molecular formula is C16H21N3O2. The van der Waals surface area contributed by atoms with Crippen LogP contribution in [0.3, 0.4) is 0 Å². The van der Waals surface area contributed by atoms with Crippen LogP contribution < -0.4 is 16.0 Å². The summed E-state index contributed by atoms with van der Waals surface area (Å²) in [7, 11) is 0. The average Bonchev–Trinajstić information content (AvgIpc) is 2.47. The van der Waals surface area contributed by atoms with Crippen molar-refractivity contribution in [1.29, 1.82) is 0 Å². The molecule has 0 spiro atoms. The van der Waals surface area contributed by atoms with Crippen LogP contribution in [0.1, 0.15) is 24.8 Å². The topological polar surface area (TPSA) is 75.4 Å². The van der Waals surface area contributed by atoms with E-state index in [0.717, 1.165) is 11.3 Å². The molecule has 3 N–H and O–H groups in total. The van der Waals surface area contributed by atoms with Crippen LogP contribution in [0.2, 0.25) is 0 Å². The summed E-state index contributed by atoms with van der Waals surface area (Å²) in [6.45, 7) is 6.30. The van der Waals surface area contributed by atoms with E-state index in [2.05, 4.69) is 11.9 Å². The highest BCUT2D eigenvalue weighted by molar-refractivity contribution is 5.87. The standard InChI is InChI=1S/C16H21N3O2/c1-3-8-18-15(20)10-19-11(2)9-13(16(17)21)12-6-4-5-7-14(12)19/h3-7,11,13H,1,8-10H2,2H3,(H2,17,21)(H,18,20)/t11-,13-/m1/s1.